The molecule has 8 heteroatoms. The Morgan fingerprint density at radius 3 is 2.36 bits per heavy atom. The average molecular weight is 487 g/mol. The van der Waals surface area contributed by atoms with Gasteiger partial charge in [-0.15, -0.1) is 0 Å². The molecule has 0 spiro atoms. The molecular formula is C28H26N2O6. The predicted molar refractivity (Wildman–Crippen MR) is 135 cm³/mol. The monoisotopic (exact) mass is 486 g/mol. The van der Waals surface area contributed by atoms with Crippen molar-refractivity contribution < 1.29 is 28.6 Å². The number of amides is 4. The first-order valence-electron chi connectivity index (χ1n) is 11.5. The van der Waals surface area contributed by atoms with E-state index in [2.05, 4.69) is 5.32 Å². The molecule has 0 aromatic heterocycles. The summed E-state index contributed by atoms with van der Waals surface area (Å²) in [5, 5.41) is 2.24. The number of benzene rings is 3. The smallest absolute Gasteiger partial charge is 0.335 e. The summed E-state index contributed by atoms with van der Waals surface area (Å²) < 4.78 is 17.2. The number of carbonyl (C=O) groups excluding carboxylic acids is 3. The van der Waals surface area contributed by atoms with Gasteiger partial charge < -0.3 is 14.2 Å². The molecule has 4 amide bonds. The molecule has 8 nitrogen and oxygen atoms in total. The van der Waals surface area contributed by atoms with Crippen molar-refractivity contribution in [3.05, 3.63) is 89.5 Å². The van der Waals surface area contributed by atoms with E-state index in [9.17, 15) is 14.4 Å². The van der Waals surface area contributed by atoms with Crippen LogP contribution in [0.15, 0.2) is 78.4 Å². The lowest BCUT2D eigenvalue weighted by atomic mass is 10.1. The molecule has 0 unspecified atom stereocenters. The molecular weight excluding hydrogens is 460 g/mol. The molecule has 3 aromatic rings. The highest BCUT2D eigenvalue weighted by Crippen LogP contribution is 2.30. The topological polar surface area (TPSA) is 94.2 Å². The first-order valence-corrected chi connectivity index (χ1v) is 11.5. The maximum absolute atomic E-state index is 13.1. The number of nitrogens with one attached hydrogen (secondary N) is 1. The van der Waals surface area contributed by atoms with Crippen LogP contribution in [0.5, 0.6) is 17.2 Å². The van der Waals surface area contributed by atoms with Gasteiger partial charge in [0.25, 0.3) is 11.8 Å². The van der Waals surface area contributed by atoms with Crippen LogP contribution in [0.4, 0.5) is 10.5 Å². The Bertz CT molecular complexity index is 1300. The molecule has 0 radical (unpaired) electrons. The van der Waals surface area contributed by atoms with E-state index >= 15 is 0 Å². The van der Waals surface area contributed by atoms with Gasteiger partial charge in [0.05, 0.1) is 12.3 Å². The van der Waals surface area contributed by atoms with Gasteiger partial charge in [0, 0.05) is 0 Å². The van der Waals surface area contributed by atoms with Gasteiger partial charge >= 0.3 is 6.03 Å². The van der Waals surface area contributed by atoms with Crippen molar-refractivity contribution in [1.29, 1.82) is 0 Å². The zero-order valence-corrected chi connectivity index (χ0v) is 20.0. The molecule has 1 heterocycles. The van der Waals surface area contributed by atoms with Crippen molar-refractivity contribution in [2.45, 2.75) is 13.8 Å². The van der Waals surface area contributed by atoms with Crippen molar-refractivity contribution in [3.63, 3.8) is 0 Å². The minimum atomic E-state index is -0.788. The van der Waals surface area contributed by atoms with E-state index in [0.29, 0.717) is 42.6 Å². The molecule has 0 atom stereocenters. The second kappa shape index (κ2) is 11.2. The zero-order chi connectivity index (χ0) is 25.5. The first-order chi connectivity index (χ1) is 17.5. The highest BCUT2D eigenvalue weighted by atomic mass is 16.5. The number of carbonyl (C=O) groups is 3. The number of barbiturate groups is 1. The minimum Gasteiger partial charge on any atom is -0.490 e. The summed E-state index contributed by atoms with van der Waals surface area (Å²) in [6.45, 7) is 4.73. The van der Waals surface area contributed by atoms with Gasteiger partial charge in [0.1, 0.15) is 24.5 Å². The Hall–Kier alpha value is -4.59. The quantitative estimate of drug-likeness (QED) is 0.272. The fourth-order valence-corrected chi connectivity index (χ4v) is 3.66. The van der Waals surface area contributed by atoms with E-state index in [-0.39, 0.29) is 5.57 Å². The number of urea groups is 1. The number of hydrogen-bond acceptors (Lipinski definition) is 6. The number of anilines is 1. The minimum absolute atomic E-state index is 0.163. The second-order valence-corrected chi connectivity index (χ2v) is 7.95. The highest BCUT2D eigenvalue weighted by molar-refractivity contribution is 6.39. The third-order valence-electron chi connectivity index (χ3n) is 5.29. The fraction of sp³-hybridized carbons (Fsp3) is 0.179. The van der Waals surface area contributed by atoms with Crippen LogP contribution in [0, 0.1) is 6.92 Å². The van der Waals surface area contributed by atoms with Crippen LogP contribution < -0.4 is 24.4 Å². The molecule has 1 saturated heterocycles. The number of hydrogen-bond donors (Lipinski definition) is 1. The Morgan fingerprint density at radius 2 is 1.61 bits per heavy atom. The zero-order valence-electron chi connectivity index (χ0n) is 20.0. The van der Waals surface area contributed by atoms with Crippen LogP contribution in [-0.2, 0) is 9.59 Å². The summed E-state index contributed by atoms with van der Waals surface area (Å²) in [4.78, 5) is 39.0. The van der Waals surface area contributed by atoms with E-state index in [1.807, 2.05) is 50.2 Å². The Labute approximate surface area is 209 Å². The van der Waals surface area contributed by atoms with Crippen LogP contribution in [0.25, 0.3) is 6.08 Å². The normalized spacial score (nSPS) is 14.6. The number of imide groups is 2. The van der Waals surface area contributed by atoms with E-state index < -0.39 is 17.8 Å². The maximum atomic E-state index is 13.1. The third kappa shape index (κ3) is 5.72. The van der Waals surface area contributed by atoms with E-state index in [1.54, 1.807) is 36.4 Å². The summed E-state index contributed by atoms with van der Waals surface area (Å²) in [6.07, 6.45) is 1.43. The molecule has 3 aromatic carbocycles. The first kappa shape index (κ1) is 24.5. The summed E-state index contributed by atoms with van der Waals surface area (Å²) in [5.74, 6) is 0.256. The van der Waals surface area contributed by atoms with Crippen molar-refractivity contribution in [3.8, 4) is 17.2 Å². The average Bonchev–Trinajstić information content (AvgIpc) is 2.86. The lowest BCUT2D eigenvalue weighted by Crippen LogP contribution is -2.54. The summed E-state index contributed by atoms with van der Waals surface area (Å²) in [5.41, 5.74) is 1.64. The maximum Gasteiger partial charge on any atom is 0.335 e. The second-order valence-electron chi connectivity index (χ2n) is 7.95. The van der Waals surface area contributed by atoms with Gasteiger partial charge in [0.2, 0.25) is 0 Å². The Balaban J connectivity index is 1.52. The van der Waals surface area contributed by atoms with Gasteiger partial charge in [-0.1, -0.05) is 36.4 Å². The number of rotatable bonds is 9. The molecule has 0 saturated carbocycles. The molecule has 184 valence electrons. The highest BCUT2D eigenvalue weighted by Gasteiger charge is 2.36. The molecule has 1 aliphatic rings. The molecule has 1 aliphatic heterocycles. The summed E-state index contributed by atoms with van der Waals surface area (Å²) in [7, 11) is 0. The van der Waals surface area contributed by atoms with Crippen molar-refractivity contribution in [2.75, 3.05) is 24.7 Å². The van der Waals surface area contributed by atoms with Crippen LogP contribution >= 0.6 is 0 Å². The van der Waals surface area contributed by atoms with E-state index in [0.717, 1.165) is 16.2 Å². The van der Waals surface area contributed by atoms with Crippen LogP contribution in [-0.4, -0.2) is 37.7 Å². The number of nitrogens with zero attached hydrogens (tertiary/aromatic N) is 1. The lowest BCUT2D eigenvalue weighted by molar-refractivity contribution is -0.122. The number of ether oxygens (including phenoxy) is 3. The summed E-state index contributed by atoms with van der Waals surface area (Å²) >= 11 is 0. The third-order valence-corrected chi connectivity index (χ3v) is 5.29. The molecule has 0 aliphatic carbocycles. The van der Waals surface area contributed by atoms with Gasteiger partial charge in [0.15, 0.2) is 11.5 Å². The van der Waals surface area contributed by atoms with Crippen LogP contribution in [0.3, 0.4) is 0 Å². The van der Waals surface area contributed by atoms with Gasteiger partial charge in [-0.3, -0.25) is 14.9 Å². The van der Waals surface area contributed by atoms with E-state index in [1.165, 1.54) is 6.08 Å². The Morgan fingerprint density at radius 1 is 0.833 bits per heavy atom. The van der Waals surface area contributed by atoms with Crippen molar-refractivity contribution in [2.24, 2.45) is 0 Å². The molecule has 1 fully saturated rings. The van der Waals surface area contributed by atoms with Crippen LogP contribution in [0.1, 0.15) is 18.1 Å². The number of aryl methyl sites for hydroxylation is 1. The molecule has 4 rings (SSSR count). The van der Waals surface area contributed by atoms with Gasteiger partial charge in [-0.2, -0.15) is 0 Å². The largest absolute Gasteiger partial charge is 0.490 e. The molecule has 1 N–H and O–H groups in total. The molecule has 36 heavy (non-hydrogen) atoms. The Kier molecular flexibility index (Phi) is 7.65. The molecule has 0 bridgehead atoms. The standard InChI is InChI=1S/C28H26N2O6/c1-3-34-25-18-20(12-13-24(25)36-15-14-35-22-10-5-4-6-11-22)17-23-26(31)29-28(33)30(27(23)32)21-9-7-8-19(2)16-21/h4-13,16-18H,3,14-15H2,1-2H3,(H,29,31,33). The van der Waals surface area contributed by atoms with Crippen molar-refractivity contribution in [1.82, 2.24) is 5.32 Å². The predicted octanol–water partition coefficient (Wildman–Crippen LogP) is 4.52. The SMILES string of the molecule is CCOc1cc(C=C2C(=O)NC(=O)N(c3cccc(C)c3)C2=O)ccc1OCCOc1ccccc1. The summed E-state index contributed by atoms with van der Waals surface area (Å²) in [6, 6.07) is 20.7. The van der Waals surface area contributed by atoms with Crippen LogP contribution in [0.2, 0.25) is 0 Å². The van der Waals surface area contributed by atoms with Gasteiger partial charge in [-0.05, 0) is 67.4 Å². The van der Waals surface area contributed by atoms with Crippen molar-refractivity contribution >= 4 is 29.6 Å². The van der Waals surface area contributed by atoms with E-state index in [4.69, 9.17) is 14.2 Å². The lowest BCUT2D eigenvalue weighted by Gasteiger charge is -2.26. The van der Waals surface area contributed by atoms with Gasteiger partial charge in [-0.25, -0.2) is 9.69 Å². The fourth-order valence-electron chi connectivity index (χ4n) is 3.66. The number of para-hydroxylation sites is 1.